The lowest BCUT2D eigenvalue weighted by Crippen LogP contribution is -2.05. The van der Waals surface area contributed by atoms with Crippen LogP contribution in [0.2, 0.25) is 0 Å². The lowest BCUT2D eigenvalue weighted by molar-refractivity contribution is -0.143. The van der Waals surface area contributed by atoms with Crippen LogP contribution < -0.4 is 0 Å². The maximum atomic E-state index is 11.8. The summed E-state index contributed by atoms with van der Waals surface area (Å²) in [5.41, 5.74) is 0. The van der Waals surface area contributed by atoms with E-state index in [9.17, 15) is 4.79 Å². The van der Waals surface area contributed by atoms with Crippen LogP contribution >= 0.6 is 0 Å². The zero-order chi connectivity index (χ0) is 22.0. The topological polar surface area (TPSA) is 26.3 Å². The summed E-state index contributed by atoms with van der Waals surface area (Å²) < 4.78 is 5.37. The Morgan fingerprint density at radius 2 is 0.933 bits per heavy atom. The van der Waals surface area contributed by atoms with Gasteiger partial charge in [-0.05, 0) is 38.5 Å². The van der Waals surface area contributed by atoms with Gasteiger partial charge in [0, 0.05) is 6.42 Å². The largest absolute Gasteiger partial charge is 0.466 e. The smallest absolute Gasteiger partial charge is 0.305 e. The zero-order valence-corrected chi connectivity index (χ0v) is 20.7. The molecule has 0 spiro atoms. The standard InChI is InChI=1S/C28H54O2/c1-3-5-7-9-11-13-15-16-17-18-20-22-24-26-28(29)30-27-25-23-21-19-14-12-10-8-6-4-2/h13,15H,3-12,14,16-27H2,1-2H3/b15-13+. The number of hydrogen-bond donors (Lipinski definition) is 0. The van der Waals surface area contributed by atoms with Gasteiger partial charge in [0.1, 0.15) is 0 Å². The highest BCUT2D eigenvalue weighted by Gasteiger charge is 2.02. The van der Waals surface area contributed by atoms with Crippen LogP contribution in [0.1, 0.15) is 155 Å². The minimum absolute atomic E-state index is 0.0110. The van der Waals surface area contributed by atoms with Gasteiger partial charge in [-0.2, -0.15) is 0 Å². The molecule has 0 amide bonds. The van der Waals surface area contributed by atoms with Gasteiger partial charge in [-0.25, -0.2) is 0 Å². The Balaban J connectivity index is 3.19. The van der Waals surface area contributed by atoms with Crippen molar-refractivity contribution in [3.05, 3.63) is 12.2 Å². The minimum atomic E-state index is 0.0110. The fourth-order valence-electron chi connectivity index (χ4n) is 3.83. The van der Waals surface area contributed by atoms with Crippen LogP contribution in [-0.2, 0) is 9.53 Å². The van der Waals surface area contributed by atoms with Gasteiger partial charge in [0.15, 0.2) is 0 Å². The van der Waals surface area contributed by atoms with Crippen molar-refractivity contribution in [3.8, 4) is 0 Å². The third kappa shape index (κ3) is 25.2. The number of esters is 1. The Morgan fingerprint density at radius 3 is 1.47 bits per heavy atom. The molecule has 0 unspecified atom stereocenters. The molecule has 0 rings (SSSR count). The molecule has 2 nitrogen and oxygen atoms in total. The number of carbonyl (C=O) groups is 1. The molecule has 0 radical (unpaired) electrons. The van der Waals surface area contributed by atoms with E-state index in [2.05, 4.69) is 26.0 Å². The normalized spacial score (nSPS) is 11.4. The van der Waals surface area contributed by atoms with Crippen molar-refractivity contribution in [2.45, 2.75) is 155 Å². The minimum Gasteiger partial charge on any atom is -0.466 e. The molecule has 0 heterocycles. The lowest BCUT2D eigenvalue weighted by Gasteiger charge is -2.05. The molecule has 0 aromatic rings. The molecule has 0 aromatic heterocycles. The van der Waals surface area contributed by atoms with E-state index in [1.165, 1.54) is 116 Å². The highest BCUT2D eigenvalue weighted by molar-refractivity contribution is 5.69. The first-order valence-electron chi connectivity index (χ1n) is 13.6. The Bertz CT molecular complexity index is 362. The van der Waals surface area contributed by atoms with Crippen LogP contribution in [-0.4, -0.2) is 12.6 Å². The van der Waals surface area contributed by atoms with E-state index in [4.69, 9.17) is 4.74 Å². The van der Waals surface area contributed by atoms with Crippen molar-refractivity contribution >= 4 is 5.97 Å². The molecule has 0 aliphatic carbocycles. The first-order valence-corrected chi connectivity index (χ1v) is 13.6. The van der Waals surface area contributed by atoms with Crippen LogP contribution in [0.25, 0.3) is 0 Å². The van der Waals surface area contributed by atoms with Gasteiger partial charge in [0.05, 0.1) is 6.61 Å². The Kier molecular flexibility index (Phi) is 25.6. The van der Waals surface area contributed by atoms with Crippen molar-refractivity contribution in [1.29, 1.82) is 0 Å². The van der Waals surface area contributed by atoms with Gasteiger partial charge >= 0.3 is 5.97 Å². The first kappa shape index (κ1) is 29.2. The summed E-state index contributed by atoms with van der Waals surface area (Å²) >= 11 is 0. The van der Waals surface area contributed by atoms with E-state index >= 15 is 0 Å². The maximum absolute atomic E-state index is 11.8. The number of unbranched alkanes of at least 4 members (excludes halogenated alkanes) is 18. The third-order valence-electron chi connectivity index (χ3n) is 5.90. The average molecular weight is 423 g/mol. The van der Waals surface area contributed by atoms with Crippen LogP contribution in [0.3, 0.4) is 0 Å². The van der Waals surface area contributed by atoms with Crippen molar-refractivity contribution in [1.82, 2.24) is 0 Å². The molecule has 0 N–H and O–H groups in total. The number of carbonyl (C=O) groups excluding carboxylic acids is 1. The fourth-order valence-corrected chi connectivity index (χ4v) is 3.83. The number of rotatable bonds is 24. The summed E-state index contributed by atoms with van der Waals surface area (Å²) in [6.07, 6.45) is 32.4. The molecule has 30 heavy (non-hydrogen) atoms. The van der Waals surface area contributed by atoms with E-state index in [1.807, 2.05) is 0 Å². The molecule has 0 atom stereocenters. The van der Waals surface area contributed by atoms with Gasteiger partial charge < -0.3 is 4.74 Å². The van der Waals surface area contributed by atoms with E-state index in [1.54, 1.807) is 0 Å². The molecule has 0 saturated carbocycles. The highest BCUT2D eigenvalue weighted by atomic mass is 16.5. The summed E-state index contributed by atoms with van der Waals surface area (Å²) in [7, 11) is 0. The second-order valence-corrected chi connectivity index (χ2v) is 9.03. The SMILES string of the molecule is CCCCCC/C=C/CCCCCCCC(=O)OCCCCCCCCCCCC. The van der Waals surface area contributed by atoms with Crippen LogP contribution in [0.15, 0.2) is 12.2 Å². The van der Waals surface area contributed by atoms with Gasteiger partial charge in [-0.1, -0.05) is 122 Å². The number of ether oxygens (including phenoxy) is 1. The van der Waals surface area contributed by atoms with E-state index in [-0.39, 0.29) is 5.97 Å². The Hall–Kier alpha value is -0.790. The lowest BCUT2D eigenvalue weighted by atomic mass is 10.1. The molecule has 2 heteroatoms. The zero-order valence-electron chi connectivity index (χ0n) is 20.7. The van der Waals surface area contributed by atoms with Crippen LogP contribution in [0.4, 0.5) is 0 Å². The molecular weight excluding hydrogens is 368 g/mol. The third-order valence-corrected chi connectivity index (χ3v) is 5.90. The molecule has 0 aromatic carbocycles. The average Bonchev–Trinajstić information content (AvgIpc) is 2.75. The van der Waals surface area contributed by atoms with Crippen molar-refractivity contribution < 1.29 is 9.53 Å². The predicted molar refractivity (Wildman–Crippen MR) is 133 cm³/mol. The molecule has 0 fully saturated rings. The number of allylic oxidation sites excluding steroid dienone is 2. The number of hydrogen-bond acceptors (Lipinski definition) is 2. The van der Waals surface area contributed by atoms with Crippen molar-refractivity contribution in [2.24, 2.45) is 0 Å². The summed E-state index contributed by atoms with van der Waals surface area (Å²) in [6.45, 7) is 5.16. The summed E-state index contributed by atoms with van der Waals surface area (Å²) in [4.78, 5) is 11.8. The second-order valence-electron chi connectivity index (χ2n) is 9.03. The quantitative estimate of drug-likeness (QED) is 0.0878. The highest BCUT2D eigenvalue weighted by Crippen LogP contribution is 2.11. The van der Waals surface area contributed by atoms with Gasteiger partial charge in [-0.15, -0.1) is 0 Å². The first-order chi connectivity index (χ1) is 14.8. The molecule has 0 aliphatic heterocycles. The van der Waals surface area contributed by atoms with Crippen LogP contribution in [0, 0.1) is 0 Å². The second kappa shape index (κ2) is 26.2. The summed E-state index contributed by atoms with van der Waals surface area (Å²) in [5.74, 6) is 0.0110. The van der Waals surface area contributed by atoms with Gasteiger partial charge in [0.25, 0.3) is 0 Å². The molecule has 178 valence electrons. The molecule has 0 bridgehead atoms. The monoisotopic (exact) mass is 422 g/mol. The van der Waals surface area contributed by atoms with Gasteiger partial charge in [-0.3, -0.25) is 4.79 Å². The molecule has 0 saturated heterocycles. The van der Waals surface area contributed by atoms with Gasteiger partial charge in [0.2, 0.25) is 0 Å². The van der Waals surface area contributed by atoms with Crippen molar-refractivity contribution in [3.63, 3.8) is 0 Å². The summed E-state index contributed by atoms with van der Waals surface area (Å²) in [5, 5.41) is 0. The van der Waals surface area contributed by atoms with E-state index < -0.39 is 0 Å². The Labute approximate surface area is 189 Å². The van der Waals surface area contributed by atoms with Crippen LogP contribution in [0.5, 0.6) is 0 Å². The summed E-state index contributed by atoms with van der Waals surface area (Å²) in [6, 6.07) is 0. The molecular formula is C28H54O2. The maximum Gasteiger partial charge on any atom is 0.305 e. The predicted octanol–water partition coefficient (Wildman–Crippen LogP) is 9.71. The van der Waals surface area contributed by atoms with Crippen molar-refractivity contribution in [2.75, 3.05) is 6.61 Å². The fraction of sp³-hybridized carbons (Fsp3) is 0.893. The van der Waals surface area contributed by atoms with E-state index in [0.717, 1.165) is 19.3 Å². The van der Waals surface area contributed by atoms with E-state index in [0.29, 0.717) is 13.0 Å². The molecule has 0 aliphatic rings. The Morgan fingerprint density at radius 1 is 0.533 bits per heavy atom.